The second kappa shape index (κ2) is 8.92. The van der Waals surface area contributed by atoms with Gasteiger partial charge in [0.2, 0.25) is 5.91 Å². The van der Waals surface area contributed by atoms with Crippen LogP contribution in [-0.2, 0) is 21.2 Å². The predicted octanol–water partition coefficient (Wildman–Crippen LogP) is 1.55. The lowest BCUT2D eigenvalue weighted by Gasteiger charge is -2.33. The maximum absolute atomic E-state index is 12.9. The molecule has 0 atom stereocenters. The Kier molecular flexibility index (Phi) is 6.59. The van der Waals surface area contributed by atoms with Crippen LogP contribution in [0.25, 0.3) is 0 Å². The number of sulfonamides is 1. The molecule has 1 aliphatic heterocycles. The molecule has 0 unspecified atom stereocenters. The summed E-state index contributed by atoms with van der Waals surface area (Å²) in [6, 6.07) is 9.55. The number of amides is 1. The first-order valence-corrected chi connectivity index (χ1v) is 11.0. The number of rotatable bonds is 7. The highest BCUT2D eigenvalue weighted by Crippen LogP contribution is 2.21. The van der Waals surface area contributed by atoms with Gasteiger partial charge in [-0.2, -0.15) is 4.31 Å². The molecule has 2 aromatic rings. The summed E-state index contributed by atoms with van der Waals surface area (Å²) >= 11 is 1.21. The molecular weight excluding hydrogens is 389 g/mol. The molecule has 0 bridgehead atoms. The summed E-state index contributed by atoms with van der Waals surface area (Å²) in [6.07, 6.45) is 0.638. The molecule has 2 heterocycles. The SMILES string of the molecule is O=C(CN1CCN(S(=O)(=O)c2cccs2)CC1)NCCc1ccc(F)cc1. The highest BCUT2D eigenvalue weighted by Gasteiger charge is 2.29. The summed E-state index contributed by atoms with van der Waals surface area (Å²) in [5.41, 5.74) is 0.962. The number of halogens is 1. The Morgan fingerprint density at radius 2 is 1.81 bits per heavy atom. The largest absolute Gasteiger partial charge is 0.355 e. The first kappa shape index (κ1) is 19.9. The van der Waals surface area contributed by atoms with Gasteiger partial charge >= 0.3 is 0 Å². The fourth-order valence-electron chi connectivity index (χ4n) is 2.92. The van der Waals surface area contributed by atoms with Crippen LogP contribution in [0.5, 0.6) is 0 Å². The molecule has 1 saturated heterocycles. The molecule has 1 N–H and O–H groups in total. The summed E-state index contributed by atoms with van der Waals surface area (Å²) in [6.45, 7) is 2.53. The Hall–Kier alpha value is -1.81. The molecule has 1 fully saturated rings. The predicted molar refractivity (Wildman–Crippen MR) is 103 cm³/mol. The minimum absolute atomic E-state index is 0.0910. The van der Waals surface area contributed by atoms with E-state index in [1.165, 1.54) is 27.8 Å². The van der Waals surface area contributed by atoms with Crippen molar-refractivity contribution in [2.24, 2.45) is 0 Å². The molecule has 3 rings (SSSR count). The normalized spacial score (nSPS) is 16.3. The van der Waals surface area contributed by atoms with E-state index >= 15 is 0 Å². The number of nitrogens with zero attached hydrogens (tertiary/aromatic N) is 2. The van der Waals surface area contributed by atoms with Gasteiger partial charge in [-0.3, -0.25) is 9.69 Å². The van der Waals surface area contributed by atoms with Crippen molar-refractivity contribution >= 4 is 27.3 Å². The van der Waals surface area contributed by atoms with Crippen molar-refractivity contribution in [3.63, 3.8) is 0 Å². The van der Waals surface area contributed by atoms with Crippen molar-refractivity contribution in [1.82, 2.24) is 14.5 Å². The smallest absolute Gasteiger partial charge is 0.252 e. The van der Waals surface area contributed by atoms with Gasteiger partial charge in [-0.25, -0.2) is 12.8 Å². The van der Waals surface area contributed by atoms with E-state index in [0.717, 1.165) is 5.56 Å². The molecule has 0 aliphatic carbocycles. The van der Waals surface area contributed by atoms with Crippen LogP contribution in [0.15, 0.2) is 46.0 Å². The van der Waals surface area contributed by atoms with Crippen LogP contribution < -0.4 is 5.32 Å². The molecule has 27 heavy (non-hydrogen) atoms. The van der Waals surface area contributed by atoms with Gasteiger partial charge in [-0.05, 0) is 35.6 Å². The van der Waals surface area contributed by atoms with Crippen LogP contribution in [0.3, 0.4) is 0 Å². The summed E-state index contributed by atoms with van der Waals surface area (Å²) in [4.78, 5) is 14.0. The van der Waals surface area contributed by atoms with E-state index in [-0.39, 0.29) is 18.3 Å². The van der Waals surface area contributed by atoms with Gasteiger partial charge in [0.25, 0.3) is 10.0 Å². The van der Waals surface area contributed by atoms with Crippen molar-refractivity contribution in [3.05, 3.63) is 53.2 Å². The average Bonchev–Trinajstić information content (AvgIpc) is 3.19. The lowest BCUT2D eigenvalue weighted by Crippen LogP contribution is -2.51. The van der Waals surface area contributed by atoms with Crippen molar-refractivity contribution in [1.29, 1.82) is 0 Å². The van der Waals surface area contributed by atoms with Crippen molar-refractivity contribution < 1.29 is 17.6 Å². The van der Waals surface area contributed by atoms with Gasteiger partial charge in [0, 0.05) is 32.7 Å². The fraction of sp³-hybridized carbons (Fsp3) is 0.389. The standard InChI is InChI=1S/C18H22FN3O3S2/c19-16-5-3-15(4-6-16)7-8-20-17(23)14-21-9-11-22(12-10-21)27(24,25)18-2-1-13-26-18/h1-6,13H,7-12,14H2,(H,20,23). The van der Waals surface area contributed by atoms with Crippen LogP contribution in [-0.4, -0.2) is 62.8 Å². The number of thiophene rings is 1. The van der Waals surface area contributed by atoms with Crippen molar-refractivity contribution in [2.75, 3.05) is 39.3 Å². The van der Waals surface area contributed by atoms with E-state index in [2.05, 4.69) is 5.32 Å². The zero-order chi connectivity index (χ0) is 19.3. The van der Waals surface area contributed by atoms with Crippen molar-refractivity contribution in [2.45, 2.75) is 10.6 Å². The monoisotopic (exact) mass is 411 g/mol. The minimum Gasteiger partial charge on any atom is -0.355 e. The van der Waals surface area contributed by atoms with E-state index in [0.29, 0.717) is 43.4 Å². The van der Waals surface area contributed by atoms with Crippen LogP contribution in [0.2, 0.25) is 0 Å². The Labute approximate surface area is 162 Å². The van der Waals surface area contributed by atoms with Gasteiger partial charge in [-0.1, -0.05) is 18.2 Å². The summed E-state index contributed by atoms with van der Waals surface area (Å²) < 4.78 is 39.7. The van der Waals surface area contributed by atoms with E-state index in [9.17, 15) is 17.6 Å². The lowest BCUT2D eigenvalue weighted by molar-refractivity contribution is -0.122. The molecule has 6 nitrogen and oxygen atoms in total. The molecule has 146 valence electrons. The van der Waals surface area contributed by atoms with Gasteiger partial charge in [0.05, 0.1) is 6.54 Å². The number of piperazine rings is 1. The fourth-order valence-corrected chi connectivity index (χ4v) is 5.49. The topological polar surface area (TPSA) is 69.7 Å². The number of benzene rings is 1. The zero-order valence-corrected chi connectivity index (χ0v) is 16.4. The summed E-state index contributed by atoms with van der Waals surface area (Å²) in [5, 5.41) is 4.60. The third-order valence-corrected chi connectivity index (χ3v) is 7.71. The molecule has 0 radical (unpaired) electrons. The van der Waals surface area contributed by atoms with E-state index in [1.807, 2.05) is 4.90 Å². The highest BCUT2D eigenvalue weighted by molar-refractivity contribution is 7.91. The Balaban J connectivity index is 1.40. The van der Waals surface area contributed by atoms with E-state index < -0.39 is 10.0 Å². The van der Waals surface area contributed by atoms with Crippen LogP contribution in [0, 0.1) is 5.82 Å². The third-order valence-electron chi connectivity index (χ3n) is 4.44. The first-order valence-electron chi connectivity index (χ1n) is 8.72. The first-order chi connectivity index (χ1) is 12.9. The zero-order valence-electron chi connectivity index (χ0n) is 14.8. The van der Waals surface area contributed by atoms with Crippen LogP contribution in [0.1, 0.15) is 5.56 Å². The van der Waals surface area contributed by atoms with Crippen LogP contribution >= 0.6 is 11.3 Å². The van der Waals surface area contributed by atoms with Crippen molar-refractivity contribution in [3.8, 4) is 0 Å². The highest BCUT2D eigenvalue weighted by atomic mass is 32.2. The maximum Gasteiger partial charge on any atom is 0.252 e. The van der Waals surface area contributed by atoms with Crippen LogP contribution in [0.4, 0.5) is 4.39 Å². The molecule has 1 aliphatic rings. The molecule has 0 saturated carbocycles. The van der Waals surface area contributed by atoms with Gasteiger partial charge in [-0.15, -0.1) is 11.3 Å². The second-order valence-corrected chi connectivity index (χ2v) is 9.45. The third kappa shape index (κ3) is 5.35. The Morgan fingerprint density at radius 3 is 2.44 bits per heavy atom. The molecule has 1 amide bonds. The molecular formula is C18H22FN3O3S2. The van der Waals surface area contributed by atoms with Gasteiger partial charge < -0.3 is 5.32 Å². The van der Waals surface area contributed by atoms with Gasteiger partial charge in [0.1, 0.15) is 10.0 Å². The quantitative estimate of drug-likeness (QED) is 0.751. The summed E-state index contributed by atoms with van der Waals surface area (Å²) in [5.74, 6) is -0.366. The number of carbonyl (C=O) groups is 1. The lowest BCUT2D eigenvalue weighted by atomic mass is 10.1. The van der Waals surface area contributed by atoms with Gasteiger partial charge in [0.15, 0.2) is 0 Å². The maximum atomic E-state index is 12.9. The summed E-state index contributed by atoms with van der Waals surface area (Å²) in [7, 11) is -3.42. The molecule has 1 aromatic carbocycles. The average molecular weight is 412 g/mol. The van der Waals surface area contributed by atoms with E-state index in [1.54, 1.807) is 29.6 Å². The number of carbonyl (C=O) groups excluding carboxylic acids is 1. The number of hydrogen-bond acceptors (Lipinski definition) is 5. The Bertz CT molecular complexity index is 846. The number of hydrogen-bond donors (Lipinski definition) is 1. The second-order valence-electron chi connectivity index (χ2n) is 6.34. The Morgan fingerprint density at radius 1 is 1.11 bits per heavy atom. The molecule has 9 heteroatoms. The number of nitrogens with one attached hydrogen (secondary N) is 1. The van der Waals surface area contributed by atoms with E-state index in [4.69, 9.17) is 0 Å². The molecule has 1 aromatic heterocycles. The minimum atomic E-state index is -3.42. The molecule has 0 spiro atoms.